The molecule has 4 rings (SSSR count). The van der Waals surface area contributed by atoms with Crippen LogP contribution in [-0.2, 0) is 0 Å². The molecule has 1 aromatic heterocycles. The molecule has 2 heterocycles. The third-order valence-electron chi connectivity index (χ3n) is 4.47. The van der Waals surface area contributed by atoms with E-state index in [1.54, 1.807) is 0 Å². The Morgan fingerprint density at radius 1 is 0.960 bits per heavy atom. The molecule has 0 saturated carbocycles. The van der Waals surface area contributed by atoms with Crippen LogP contribution in [0.4, 0.5) is 5.69 Å². The predicted molar refractivity (Wildman–Crippen MR) is 106 cm³/mol. The zero-order chi connectivity index (χ0) is 17.4. The van der Waals surface area contributed by atoms with E-state index in [0.717, 1.165) is 33.9 Å². The van der Waals surface area contributed by atoms with Crippen molar-refractivity contribution >= 4 is 56.2 Å². The molecule has 3 aromatic rings. The summed E-state index contributed by atoms with van der Waals surface area (Å²) in [6, 6.07) is 15.7. The molecule has 0 N–H and O–H groups in total. The van der Waals surface area contributed by atoms with Crippen LogP contribution in [0.15, 0.2) is 48.5 Å². The van der Waals surface area contributed by atoms with Crippen LogP contribution >= 0.6 is 34.5 Å². The van der Waals surface area contributed by atoms with Crippen molar-refractivity contribution in [2.75, 3.05) is 31.1 Å². The average Bonchev–Trinajstić information content (AvgIpc) is 2.98. The SMILES string of the molecule is O=C(c1sc2ccccc2c1Cl)N1CCN(c2cccc(Cl)c2)CC1. The topological polar surface area (TPSA) is 23.6 Å². The van der Waals surface area contributed by atoms with Crippen molar-refractivity contribution in [3.63, 3.8) is 0 Å². The van der Waals surface area contributed by atoms with E-state index in [0.29, 0.717) is 23.0 Å². The Kier molecular flexibility index (Phi) is 4.59. The highest BCUT2D eigenvalue weighted by Gasteiger charge is 2.26. The van der Waals surface area contributed by atoms with E-state index >= 15 is 0 Å². The lowest BCUT2D eigenvalue weighted by Crippen LogP contribution is -2.48. The van der Waals surface area contributed by atoms with E-state index in [2.05, 4.69) is 4.90 Å². The van der Waals surface area contributed by atoms with Gasteiger partial charge in [0, 0.05) is 47.0 Å². The minimum Gasteiger partial charge on any atom is -0.368 e. The normalized spacial score (nSPS) is 15.0. The average molecular weight is 391 g/mol. The van der Waals surface area contributed by atoms with Gasteiger partial charge < -0.3 is 9.80 Å². The molecule has 0 spiro atoms. The van der Waals surface area contributed by atoms with Crippen molar-refractivity contribution in [3.05, 3.63) is 63.5 Å². The quantitative estimate of drug-likeness (QED) is 0.602. The molecule has 2 aromatic carbocycles. The summed E-state index contributed by atoms with van der Waals surface area (Å²) in [7, 11) is 0. The third-order valence-corrected chi connectivity index (χ3v) is 6.37. The molecule has 1 aliphatic heterocycles. The Bertz CT molecular complexity index is 932. The summed E-state index contributed by atoms with van der Waals surface area (Å²) in [5.74, 6) is 0.0249. The van der Waals surface area contributed by atoms with Gasteiger partial charge in [-0.2, -0.15) is 0 Å². The Morgan fingerprint density at radius 3 is 2.44 bits per heavy atom. The monoisotopic (exact) mass is 390 g/mol. The maximum atomic E-state index is 12.9. The molecule has 6 heteroatoms. The van der Waals surface area contributed by atoms with Crippen LogP contribution in [0, 0.1) is 0 Å². The number of rotatable bonds is 2. The van der Waals surface area contributed by atoms with Gasteiger partial charge in [-0.3, -0.25) is 4.79 Å². The number of benzene rings is 2. The van der Waals surface area contributed by atoms with E-state index < -0.39 is 0 Å². The number of carbonyl (C=O) groups excluding carboxylic acids is 1. The highest BCUT2D eigenvalue weighted by molar-refractivity contribution is 7.21. The molecule has 0 bridgehead atoms. The van der Waals surface area contributed by atoms with Crippen LogP contribution in [0.25, 0.3) is 10.1 Å². The van der Waals surface area contributed by atoms with Gasteiger partial charge in [0.25, 0.3) is 5.91 Å². The fourth-order valence-electron chi connectivity index (χ4n) is 3.14. The molecule has 1 aliphatic rings. The second kappa shape index (κ2) is 6.87. The largest absolute Gasteiger partial charge is 0.368 e. The molecular formula is C19H16Cl2N2OS. The molecule has 0 atom stereocenters. The van der Waals surface area contributed by atoms with Crippen LogP contribution in [0.5, 0.6) is 0 Å². The number of anilines is 1. The van der Waals surface area contributed by atoms with Crippen LogP contribution in [0.3, 0.4) is 0 Å². The molecule has 0 unspecified atom stereocenters. The lowest BCUT2D eigenvalue weighted by atomic mass is 10.2. The van der Waals surface area contributed by atoms with Gasteiger partial charge in [0.15, 0.2) is 0 Å². The molecule has 3 nitrogen and oxygen atoms in total. The third kappa shape index (κ3) is 3.22. The fraction of sp³-hybridized carbons (Fsp3) is 0.211. The van der Waals surface area contributed by atoms with E-state index in [1.165, 1.54) is 11.3 Å². The number of fused-ring (bicyclic) bond motifs is 1. The molecule has 1 amide bonds. The minimum absolute atomic E-state index is 0.0249. The van der Waals surface area contributed by atoms with Gasteiger partial charge in [0.1, 0.15) is 4.88 Å². The van der Waals surface area contributed by atoms with Gasteiger partial charge in [-0.05, 0) is 24.3 Å². The first-order chi connectivity index (χ1) is 12.1. The highest BCUT2D eigenvalue weighted by Crippen LogP contribution is 2.36. The summed E-state index contributed by atoms with van der Waals surface area (Å²) >= 11 is 14.0. The minimum atomic E-state index is 0.0249. The second-order valence-corrected chi connectivity index (χ2v) is 7.87. The van der Waals surface area contributed by atoms with Gasteiger partial charge in [0.05, 0.1) is 5.02 Å². The summed E-state index contributed by atoms with van der Waals surface area (Å²) in [5, 5.41) is 2.26. The predicted octanol–water partition coefficient (Wildman–Crippen LogP) is 5.17. The number of halogens is 2. The van der Waals surface area contributed by atoms with Gasteiger partial charge in [-0.1, -0.05) is 47.5 Å². The van der Waals surface area contributed by atoms with Gasteiger partial charge in [0.2, 0.25) is 0 Å². The van der Waals surface area contributed by atoms with Crippen molar-refractivity contribution in [3.8, 4) is 0 Å². The summed E-state index contributed by atoms with van der Waals surface area (Å²) in [4.78, 5) is 17.7. The number of hydrogen-bond donors (Lipinski definition) is 0. The first-order valence-electron chi connectivity index (χ1n) is 8.10. The van der Waals surface area contributed by atoms with Crippen molar-refractivity contribution in [1.29, 1.82) is 0 Å². The summed E-state index contributed by atoms with van der Waals surface area (Å²) in [5.41, 5.74) is 1.10. The molecule has 1 saturated heterocycles. The number of carbonyl (C=O) groups is 1. The molecule has 0 radical (unpaired) electrons. The van der Waals surface area contributed by atoms with E-state index in [1.807, 2.05) is 53.4 Å². The van der Waals surface area contributed by atoms with Crippen molar-refractivity contribution in [2.24, 2.45) is 0 Å². The maximum absolute atomic E-state index is 12.9. The zero-order valence-corrected chi connectivity index (χ0v) is 15.7. The van der Waals surface area contributed by atoms with Crippen molar-refractivity contribution in [2.45, 2.75) is 0 Å². The van der Waals surface area contributed by atoms with E-state index in [4.69, 9.17) is 23.2 Å². The summed E-state index contributed by atoms with van der Waals surface area (Å²) in [6.45, 7) is 2.93. The maximum Gasteiger partial charge on any atom is 0.265 e. The molecule has 25 heavy (non-hydrogen) atoms. The first kappa shape index (κ1) is 16.7. The van der Waals surface area contributed by atoms with Gasteiger partial charge in [-0.25, -0.2) is 0 Å². The van der Waals surface area contributed by atoms with E-state index in [-0.39, 0.29) is 5.91 Å². The molecule has 128 valence electrons. The van der Waals surface area contributed by atoms with Crippen LogP contribution in [-0.4, -0.2) is 37.0 Å². The smallest absolute Gasteiger partial charge is 0.265 e. The number of thiophene rings is 1. The molecule has 0 aliphatic carbocycles. The van der Waals surface area contributed by atoms with E-state index in [9.17, 15) is 4.79 Å². The Hall–Kier alpha value is -1.75. The van der Waals surface area contributed by atoms with Crippen LogP contribution in [0.1, 0.15) is 9.67 Å². The fourth-order valence-corrected chi connectivity index (χ4v) is 4.80. The number of nitrogens with zero attached hydrogens (tertiary/aromatic N) is 2. The van der Waals surface area contributed by atoms with Crippen LogP contribution in [0.2, 0.25) is 10.0 Å². The van der Waals surface area contributed by atoms with Crippen LogP contribution < -0.4 is 4.90 Å². The van der Waals surface area contributed by atoms with Crippen molar-refractivity contribution < 1.29 is 4.79 Å². The first-order valence-corrected chi connectivity index (χ1v) is 9.67. The zero-order valence-electron chi connectivity index (χ0n) is 13.4. The number of piperazine rings is 1. The lowest BCUT2D eigenvalue weighted by molar-refractivity contribution is 0.0752. The Balaban J connectivity index is 1.50. The second-order valence-electron chi connectivity index (χ2n) is 6.00. The van der Waals surface area contributed by atoms with Crippen molar-refractivity contribution in [1.82, 2.24) is 4.90 Å². The standard InChI is InChI=1S/C19H16Cl2N2OS/c20-13-4-3-5-14(12-13)22-8-10-23(11-9-22)19(24)18-17(21)15-6-1-2-7-16(15)25-18/h1-7,12H,8-11H2. The lowest BCUT2D eigenvalue weighted by Gasteiger charge is -2.36. The van der Waals surface area contributed by atoms with Gasteiger partial charge in [-0.15, -0.1) is 11.3 Å². The Labute approximate surface area is 160 Å². The Morgan fingerprint density at radius 2 is 1.72 bits per heavy atom. The molecular weight excluding hydrogens is 375 g/mol. The summed E-state index contributed by atoms with van der Waals surface area (Å²) < 4.78 is 1.05. The number of amides is 1. The number of hydrogen-bond acceptors (Lipinski definition) is 3. The molecule has 1 fully saturated rings. The highest BCUT2D eigenvalue weighted by atomic mass is 35.5. The summed E-state index contributed by atoms with van der Waals surface area (Å²) in [6.07, 6.45) is 0. The van der Waals surface area contributed by atoms with Gasteiger partial charge >= 0.3 is 0 Å².